The Kier molecular flexibility index (Phi) is 3.86. The van der Waals surface area contributed by atoms with Crippen molar-refractivity contribution in [1.82, 2.24) is 20.2 Å². The summed E-state index contributed by atoms with van der Waals surface area (Å²) >= 11 is 0. The van der Waals surface area contributed by atoms with Crippen LogP contribution in [-0.4, -0.2) is 34.4 Å². The minimum Gasteiger partial charge on any atom is -0.480 e. The van der Waals surface area contributed by atoms with E-state index in [4.69, 9.17) is 15.2 Å². The van der Waals surface area contributed by atoms with Crippen molar-refractivity contribution in [2.45, 2.75) is 19.3 Å². The van der Waals surface area contributed by atoms with Crippen molar-refractivity contribution in [2.24, 2.45) is 0 Å². The lowest BCUT2D eigenvalue weighted by Gasteiger charge is -2.10. The molecule has 22 heavy (non-hydrogen) atoms. The molecular formula is C15H17N5O2. The van der Waals surface area contributed by atoms with Gasteiger partial charge in [0.2, 0.25) is 5.88 Å². The van der Waals surface area contributed by atoms with Gasteiger partial charge in [-0.25, -0.2) is 4.98 Å². The molecular weight excluding hydrogens is 282 g/mol. The van der Waals surface area contributed by atoms with Crippen molar-refractivity contribution in [3.05, 3.63) is 23.9 Å². The van der Waals surface area contributed by atoms with Crippen molar-refractivity contribution in [3.63, 3.8) is 0 Å². The summed E-state index contributed by atoms with van der Waals surface area (Å²) in [6.45, 7) is 0. The van der Waals surface area contributed by atoms with Crippen LogP contribution in [0.2, 0.25) is 0 Å². The molecule has 2 aromatic rings. The zero-order valence-corrected chi connectivity index (χ0v) is 12.5. The lowest BCUT2D eigenvalue weighted by atomic mass is 10.0. The van der Waals surface area contributed by atoms with Crippen LogP contribution in [0, 0.1) is 0 Å². The lowest BCUT2D eigenvalue weighted by Crippen LogP contribution is -2.03. The molecule has 0 amide bonds. The largest absolute Gasteiger partial charge is 0.480 e. The average molecular weight is 299 g/mol. The van der Waals surface area contributed by atoms with Gasteiger partial charge in [0, 0.05) is 11.8 Å². The molecule has 2 heterocycles. The van der Waals surface area contributed by atoms with Crippen molar-refractivity contribution >= 4 is 11.4 Å². The normalized spacial score (nSPS) is 13.8. The van der Waals surface area contributed by atoms with Gasteiger partial charge in [0.15, 0.2) is 5.82 Å². The summed E-state index contributed by atoms with van der Waals surface area (Å²) in [5, 5.41) is 8.20. The Balaban J connectivity index is 2.07. The third kappa shape index (κ3) is 2.57. The van der Waals surface area contributed by atoms with Crippen molar-refractivity contribution in [2.75, 3.05) is 20.0 Å². The number of nitrogen functional groups attached to an aromatic ring is 1. The molecule has 0 spiro atoms. The van der Waals surface area contributed by atoms with Crippen LogP contribution in [0.15, 0.2) is 18.3 Å². The second-order valence-electron chi connectivity index (χ2n) is 4.93. The first-order chi connectivity index (χ1) is 10.7. The number of nitrogens with two attached hydrogens (primary N) is 1. The Bertz CT molecular complexity index is 730. The molecule has 7 heteroatoms. The molecule has 0 radical (unpaired) electrons. The Labute approximate surface area is 128 Å². The van der Waals surface area contributed by atoms with Gasteiger partial charge in [-0.05, 0) is 30.9 Å². The third-order valence-corrected chi connectivity index (χ3v) is 3.59. The minimum absolute atomic E-state index is 0.239. The van der Waals surface area contributed by atoms with Crippen molar-refractivity contribution in [1.29, 1.82) is 0 Å². The SMILES string of the molecule is COc1ncc(-c2cc(C3=CCCC3)c(N)nn2)c(OC)n1. The smallest absolute Gasteiger partial charge is 0.319 e. The van der Waals surface area contributed by atoms with Crippen LogP contribution in [0.25, 0.3) is 16.8 Å². The Morgan fingerprint density at radius 1 is 1.14 bits per heavy atom. The molecule has 0 aliphatic heterocycles. The molecule has 2 N–H and O–H groups in total. The fraction of sp³-hybridized carbons (Fsp3) is 0.333. The second-order valence-corrected chi connectivity index (χ2v) is 4.93. The highest BCUT2D eigenvalue weighted by Gasteiger charge is 2.17. The number of anilines is 1. The third-order valence-electron chi connectivity index (χ3n) is 3.59. The van der Waals surface area contributed by atoms with E-state index in [2.05, 4.69) is 26.2 Å². The van der Waals surface area contributed by atoms with Crippen LogP contribution >= 0.6 is 0 Å². The fourth-order valence-corrected chi connectivity index (χ4v) is 2.49. The van der Waals surface area contributed by atoms with Gasteiger partial charge in [0.1, 0.15) is 5.69 Å². The zero-order valence-electron chi connectivity index (χ0n) is 12.5. The molecule has 0 atom stereocenters. The number of hydrogen-bond acceptors (Lipinski definition) is 7. The van der Waals surface area contributed by atoms with Gasteiger partial charge in [-0.3, -0.25) is 0 Å². The van der Waals surface area contributed by atoms with E-state index in [1.807, 2.05) is 6.07 Å². The van der Waals surface area contributed by atoms with E-state index in [1.54, 1.807) is 6.20 Å². The van der Waals surface area contributed by atoms with Crippen LogP contribution in [-0.2, 0) is 0 Å². The number of ether oxygens (including phenoxy) is 2. The first kappa shape index (κ1) is 14.2. The van der Waals surface area contributed by atoms with Gasteiger partial charge < -0.3 is 15.2 Å². The van der Waals surface area contributed by atoms with Gasteiger partial charge in [0.25, 0.3) is 0 Å². The molecule has 7 nitrogen and oxygen atoms in total. The molecule has 2 aromatic heterocycles. The summed E-state index contributed by atoms with van der Waals surface area (Å²) in [4.78, 5) is 8.27. The molecule has 0 saturated heterocycles. The van der Waals surface area contributed by atoms with Gasteiger partial charge >= 0.3 is 6.01 Å². The van der Waals surface area contributed by atoms with Crippen LogP contribution in [0.1, 0.15) is 24.8 Å². The molecule has 1 aliphatic rings. The highest BCUT2D eigenvalue weighted by molar-refractivity contribution is 5.77. The first-order valence-corrected chi connectivity index (χ1v) is 7.01. The van der Waals surface area contributed by atoms with Gasteiger partial charge in [0.05, 0.1) is 19.8 Å². The number of nitrogens with zero attached hydrogens (tertiary/aromatic N) is 4. The molecule has 0 aromatic carbocycles. The Morgan fingerprint density at radius 2 is 2.00 bits per heavy atom. The van der Waals surface area contributed by atoms with Crippen molar-refractivity contribution < 1.29 is 9.47 Å². The number of aromatic nitrogens is 4. The fourth-order valence-electron chi connectivity index (χ4n) is 2.49. The Hall–Kier alpha value is -2.70. The van der Waals surface area contributed by atoms with Crippen LogP contribution in [0.5, 0.6) is 11.9 Å². The zero-order chi connectivity index (χ0) is 15.5. The molecule has 0 fully saturated rings. The maximum absolute atomic E-state index is 5.97. The van der Waals surface area contributed by atoms with Crippen LogP contribution in [0.4, 0.5) is 5.82 Å². The predicted octanol–water partition coefficient (Wildman–Crippen LogP) is 2.10. The summed E-state index contributed by atoms with van der Waals surface area (Å²) in [7, 11) is 3.04. The van der Waals surface area contributed by atoms with E-state index >= 15 is 0 Å². The average Bonchev–Trinajstić information content (AvgIpc) is 3.09. The number of rotatable bonds is 4. The summed E-state index contributed by atoms with van der Waals surface area (Å²) in [5.74, 6) is 0.822. The van der Waals surface area contributed by atoms with Crippen molar-refractivity contribution in [3.8, 4) is 23.1 Å². The first-order valence-electron chi connectivity index (χ1n) is 7.01. The molecule has 0 bridgehead atoms. The van der Waals surface area contributed by atoms with E-state index in [-0.39, 0.29) is 6.01 Å². The van der Waals surface area contributed by atoms with E-state index in [0.29, 0.717) is 23.0 Å². The molecule has 3 rings (SSSR count). The lowest BCUT2D eigenvalue weighted by molar-refractivity contribution is 0.353. The van der Waals surface area contributed by atoms with E-state index < -0.39 is 0 Å². The molecule has 0 unspecified atom stereocenters. The van der Waals surface area contributed by atoms with E-state index in [1.165, 1.54) is 19.8 Å². The highest BCUT2D eigenvalue weighted by atomic mass is 16.5. The predicted molar refractivity (Wildman–Crippen MR) is 82.4 cm³/mol. The topological polar surface area (TPSA) is 96.0 Å². The monoisotopic (exact) mass is 299 g/mol. The summed E-state index contributed by atoms with van der Waals surface area (Å²) < 4.78 is 10.3. The van der Waals surface area contributed by atoms with Gasteiger partial charge in [-0.1, -0.05) is 6.08 Å². The summed E-state index contributed by atoms with van der Waals surface area (Å²) in [5.41, 5.74) is 9.36. The number of allylic oxidation sites excluding steroid dienone is 2. The summed E-state index contributed by atoms with van der Waals surface area (Å²) in [6.07, 6.45) is 7.02. The quantitative estimate of drug-likeness (QED) is 0.923. The number of methoxy groups -OCH3 is 2. The summed E-state index contributed by atoms with van der Waals surface area (Å²) in [6, 6.07) is 2.15. The van der Waals surface area contributed by atoms with E-state index in [9.17, 15) is 0 Å². The van der Waals surface area contributed by atoms with Gasteiger partial charge in [-0.15, -0.1) is 10.2 Å². The Morgan fingerprint density at radius 3 is 2.68 bits per heavy atom. The second kappa shape index (κ2) is 5.97. The minimum atomic E-state index is 0.239. The standard InChI is InChI=1S/C15H17N5O2/c1-21-14-11(8-17-15(18-14)22-2)12-7-10(13(16)20-19-12)9-5-3-4-6-9/h5,7-8H,3-4,6H2,1-2H3,(H2,16,20). The van der Waals surface area contributed by atoms with Gasteiger partial charge in [-0.2, -0.15) is 4.98 Å². The van der Waals surface area contributed by atoms with E-state index in [0.717, 1.165) is 24.8 Å². The highest BCUT2D eigenvalue weighted by Crippen LogP contribution is 2.34. The number of hydrogen-bond donors (Lipinski definition) is 1. The maximum Gasteiger partial charge on any atom is 0.319 e. The maximum atomic E-state index is 5.97. The van der Waals surface area contributed by atoms with Crippen LogP contribution < -0.4 is 15.2 Å². The molecule has 114 valence electrons. The molecule has 0 saturated carbocycles. The molecule has 1 aliphatic carbocycles. The van der Waals surface area contributed by atoms with Crippen LogP contribution in [0.3, 0.4) is 0 Å².